The second-order valence-electron chi connectivity index (χ2n) is 4.80. The van der Waals surface area contributed by atoms with Crippen molar-refractivity contribution in [3.05, 3.63) is 48.0 Å². The van der Waals surface area contributed by atoms with Crippen molar-refractivity contribution < 1.29 is 18.0 Å². The van der Waals surface area contributed by atoms with E-state index in [1.54, 1.807) is 0 Å². The molecule has 0 amide bonds. The van der Waals surface area contributed by atoms with Crippen molar-refractivity contribution in [3.63, 3.8) is 0 Å². The van der Waals surface area contributed by atoms with Crippen molar-refractivity contribution in [2.24, 2.45) is 0 Å². The van der Waals surface area contributed by atoms with Gasteiger partial charge in [-0.25, -0.2) is 0 Å². The summed E-state index contributed by atoms with van der Waals surface area (Å²) in [6.45, 7) is 3.63. The van der Waals surface area contributed by atoms with Crippen LogP contribution in [0.25, 0.3) is 0 Å². The van der Waals surface area contributed by atoms with Gasteiger partial charge in [-0.05, 0) is 37.0 Å². The lowest BCUT2D eigenvalue weighted by Crippen LogP contribution is -2.06. The maximum absolute atomic E-state index is 12.4. The first-order valence-corrected chi connectivity index (χ1v) is 6.72. The zero-order valence-corrected chi connectivity index (χ0v) is 11.4. The van der Waals surface area contributed by atoms with E-state index in [1.165, 1.54) is 12.1 Å². The summed E-state index contributed by atoms with van der Waals surface area (Å²) < 4.78 is 37.1. The van der Waals surface area contributed by atoms with Crippen LogP contribution in [0.1, 0.15) is 43.2 Å². The normalized spacial score (nSPS) is 11.3. The molecule has 0 spiro atoms. The van der Waals surface area contributed by atoms with Crippen molar-refractivity contribution in [2.75, 3.05) is 0 Å². The number of Topliss-reactive ketones (excluding diaryl/α,β-unsaturated/α-hetero) is 1. The number of unbranched alkanes of at least 4 members (excludes halogenated alkanes) is 3. The quantitative estimate of drug-likeness (QED) is 0.487. The smallest absolute Gasteiger partial charge is 0.299 e. The first-order chi connectivity index (χ1) is 9.43. The van der Waals surface area contributed by atoms with E-state index in [0.717, 1.165) is 37.8 Å². The van der Waals surface area contributed by atoms with Gasteiger partial charge < -0.3 is 0 Å². The maximum atomic E-state index is 12.4. The lowest BCUT2D eigenvalue weighted by molar-refractivity contribution is -0.137. The summed E-state index contributed by atoms with van der Waals surface area (Å²) in [4.78, 5) is 11.7. The summed E-state index contributed by atoms with van der Waals surface area (Å²) in [5, 5.41) is 0. The van der Waals surface area contributed by atoms with E-state index in [9.17, 15) is 18.0 Å². The summed E-state index contributed by atoms with van der Waals surface area (Å²) >= 11 is 0. The third-order valence-corrected chi connectivity index (χ3v) is 3.05. The largest absolute Gasteiger partial charge is 0.416 e. The minimum absolute atomic E-state index is 0.0726. The van der Waals surface area contributed by atoms with Gasteiger partial charge in [0.1, 0.15) is 5.78 Å². The van der Waals surface area contributed by atoms with E-state index in [-0.39, 0.29) is 12.2 Å². The number of hydrogen-bond acceptors (Lipinski definition) is 1. The number of hydrogen-bond donors (Lipinski definition) is 0. The van der Waals surface area contributed by atoms with Gasteiger partial charge >= 0.3 is 6.18 Å². The van der Waals surface area contributed by atoms with Crippen LogP contribution in [0, 0.1) is 0 Å². The average Bonchev–Trinajstić information content (AvgIpc) is 2.38. The molecule has 0 atom stereocenters. The summed E-state index contributed by atoms with van der Waals surface area (Å²) in [5.74, 6) is 0.0726. The molecular formula is C16H19F3O. The predicted octanol–water partition coefficient (Wildman–Crippen LogP) is 4.95. The Balaban J connectivity index is 2.37. The van der Waals surface area contributed by atoms with Crippen molar-refractivity contribution >= 4 is 5.78 Å². The topological polar surface area (TPSA) is 17.1 Å². The number of allylic oxidation sites excluding steroid dienone is 1. The molecule has 20 heavy (non-hydrogen) atoms. The number of halogens is 3. The minimum Gasteiger partial charge on any atom is -0.299 e. The molecule has 110 valence electrons. The van der Waals surface area contributed by atoms with Gasteiger partial charge in [-0.1, -0.05) is 24.6 Å². The monoisotopic (exact) mass is 284 g/mol. The molecule has 0 bridgehead atoms. The van der Waals surface area contributed by atoms with Gasteiger partial charge in [0.2, 0.25) is 0 Å². The van der Waals surface area contributed by atoms with Gasteiger partial charge in [-0.15, -0.1) is 6.58 Å². The molecule has 0 aromatic heterocycles. The van der Waals surface area contributed by atoms with Crippen LogP contribution in [0.4, 0.5) is 13.2 Å². The van der Waals surface area contributed by atoms with Crippen LogP contribution in [0.5, 0.6) is 0 Å². The maximum Gasteiger partial charge on any atom is 0.416 e. The Morgan fingerprint density at radius 2 is 1.75 bits per heavy atom. The molecule has 0 fully saturated rings. The number of carbonyl (C=O) groups is 1. The highest BCUT2D eigenvalue weighted by atomic mass is 19.4. The molecule has 0 unspecified atom stereocenters. The van der Waals surface area contributed by atoms with Crippen LogP contribution in [0.3, 0.4) is 0 Å². The minimum atomic E-state index is -4.33. The molecule has 1 aromatic carbocycles. The fourth-order valence-electron chi connectivity index (χ4n) is 1.92. The van der Waals surface area contributed by atoms with Crippen LogP contribution < -0.4 is 0 Å². The number of rotatable bonds is 8. The highest BCUT2D eigenvalue weighted by Gasteiger charge is 2.29. The molecule has 4 heteroatoms. The van der Waals surface area contributed by atoms with E-state index in [4.69, 9.17) is 0 Å². The van der Waals surface area contributed by atoms with Crippen LogP contribution >= 0.6 is 0 Å². The SMILES string of the molecule is C=CCCCCCC(=O)Cc1ccc(C(F)(F)F)cc1. The molecule has 0 aliphatic rings. The van der Waals surface area contributed by atoms with E-state index in [0.29, 0.717) is 12.0 Å². The lowest BCUT2D eigenvalue weighted by atomic mass is 10.0. The molecule has 0 N–H and O–H groups in total. The molecule has 1 aromatic rings. The average molecular weight is 284 g/mol. The third kappa shape index (κ3) is 6.04. The van der Waals surface area contributed by atoms with Gasteiger partial charge in [0.15, 0.2) is 0 Å². The second-order valence-corrected chi connectivity index (χ2v) is 4.80. The van der Waals surface area contributed by atoms with E-state index in [2.05, 4.69) is 6.58 Å². The lowest BCUT2D eigenvalue weighted by Gasteiger charge is -2.07. The highest BCUT2D eigenvalue weighted by molar-refractivity contribution is 5.80. The van der Waals surface area contributed by atoms with E-state index >= 15 is 0 Å². The van der Waals surface area contributed by atoms with Crippen LogP contribution in [0.2, 0.25) is 0 Å². The van der Waals surface area contributed by atoms with Crippen molar-refractivity contribution in [3.8, 4) is 0 Å². The molecule has 0 aliphatic carbocycles. The molecule has 1 rings (SSSR count). The fourth-order valence-corrected chi connectivity index (χ4v) is 1.92. The van der Waals surface area contributed by atoms with E-state index in [1.807, 2.05) is 6.08 Å². The molecule has 1 nitrogen and oxygen atoms in total. The molecule has 0 radical (unpaired) electrons. The van der Waals surface area contributed by atoms with E-state index < -0.39 is 11.7 Å². The first kappa shape index (κ1) is 16.5. The Hall–Kier alpha value is -1.58. The zero-order chi connectivity index (χ0) is 15.0. The Kier molecular flexibility index (Phi) is 6.49. The van der Waals surface area contributed by atoms with Gasteiger partial charge in [0.05, 0.1) is 5.56 Å². The predicted molar refractivity (Wildman–Crippen MR) is 73.4 cm³/mol. The van der Waals surface area contributed by atoms with Crippen LogP contribution in [-0.2, 0) is 17.4 Å². The zero-order valence-electron chi connectivity index (χ0n) is 11.4. The number of benzene rings is 1. The molecular weight excluding hydrogens is 265 g/mol. The summed E-state index contributed by atoms with van der Waals surface area (Å²) in [6.07, 6.45) is 2.00. The molecule has 0 saturated carbocycles. The fraction of sp³-hybridized carbons (Fsp3) is 0.438. The molecule has 0 saturated heterocycles. The Morgan fingerprint density at radius 1 is 1.10 bits per heavy atom. The number of carbonyl (C=O) groups excluding carboxylic acids is 1. The van der Waals surface area contributed by atoms with Crippen LogP contribution in [-0.4, -0.2) is 5.78 Å². The Labute approximate surface area is 117 Å². The van der Waals surface area contributed by atoms with Gasteiger partial charge in [-0.2, -0.15) is 13.2 Å². The molecule has 0 aliphatic heterocycles. The summed E-state index contributed by atoms with van der Waals surface area (Å²) in [6, 6.07) is 4.79. The van der Waals surface area contributed by atoms with Gasteiger partial charge in [0.25, 0.3) is 0 Å². The third-order valence-electron chi connectivity index (χ3n) is 3.05. The Bertz CT molecular complexity index is 432. The van der Waals surface area contributed by atoms with Gasteiger partial charge in [-0.3, -0.25) is 4.79 Å². The Morgan fingerprint density at radius 3 is 2.30 bits per heavy atom. The van der Waals surface area contributed by atoms with Crippen LogP contribution in [0.15, 0.2) is 36.9 Å². The molecule has 0 heterocycles. The van der Waals surface area contributed by atoms with Gasteiger partial charge in [0, 0.05) is 12.8 Å². The second kappa shape index (κ2) is 7.88. The van der Waals surface area contributed by atoms with Crippen molar-refractivity contribution in [1.82, 2.24) is 0 Å². The summed E-state index contributed by atoms with van der Waals surface area (Å²) in [7, 11) is 0. The number of alkyl halides is 3. The number of ketones is 1. The standard InChI is InChI=1S/C16H19F3O/c1-2-3-4-5-6-7-15(20)12-13-8-10-14(11-9-13)16(17,18)19/h2,8-11H,1,3-7,12H2. The first-order valence-electron chi connectivity index (χ1n) is 6.72. The summed E-state index contributed by atoms with van der Waals surface area (Å²) in [5.41, 5.74) is -0.0489. The highest BCUT2D eigenvalue weighted by Crippen LogP contribution is 2.29. The van der Waals surface area contributed by atoms with Crippen molar-refractivity contribution in [2.45, 2.75) is 44.7 Å². The van der Waals surface area contributed by atoms with Crippen molar-refractivity contribution in [1.29, 1.82) is 0 Å².